The lowest BCUT2D eigenvalue weighted by Crippen LogP contribution is -2.20. The third kappa shape index (κ3) is 6.75. The van der Waals surface area contributed by atoms with Crippen LogP contribution in [0.25, 0.3) is 0 Å². The largest absolute Gasteiger partial charge is 0.484 e. The molecule has 2 rings (SSSR count). The van der Waals surface area contributed by atoms with Crippen LogP contribution >= 0.6 is 23.1 Å². The van der Waals surface area contributed by atoms with Crippen LogP contribution in [0.5, 0.6) is 5.75 Å². The summed E-state index contributed by atoms with van der Waals surface area (Å²) in [5, 5.41) is 5.06. The van der Waals surface area contributed by atoms with Crippen LogP contribution in [0.4, 0.5) is 5.13 Å². The van der Waals surface area contributed by atoms with E-state index >= 15 is 0 Å². The van der Waals surface area contributed by atoms with E-state index in [0.29, 0.717) is 22.6 Å². The summed E-state index contributed by atoms with van der Waals surface area (Å²) in [5.41, 5.74) is 7.11. The summed E-state index contributed by atoms with van der Waals surface area (Å²) in [6.45, 7) is 4.17. The predicted octanol–water partition coefficient (Wildman–Crippen LogP) is 3.00. The molecule has 2 amide bonds. The number of carbonyl (C=O) groups is 2. The second-order valence-electron chi connectivity index (χ2n) is 5.66. The summed E-state index contributed by atoms with van der Waals surface area (Å²) in [6, 6.07) is 7.71. The van der Waals surface area contributed by atoms with Crippen LogP contribution in [0.15, 0.2) is 29.6 Å². The number of anilines is 1. The van der Waals surface area contributed by atoms with Gasteiger partial charge in [0.25, 0.3) is 5.91 Å². The number of amides is 2. The lowest BCUT2D eigenvalue weighted by atomic mass is 10.0. The maximum atomic E-state index is 11.9. The smallest absolute Gasteiger partial charge is 0.264 e. The number of nitrogens with one attached hydrogen (secondary N) is 1. The molecule has 1 heterocycles. The summed E-state index contributed by atoms with van der Waals surface area (Å²) in [4.78, 5) is 26.9. The number of thioether (sulfide) groups is 1. The zero-order chi connectivity index (χ0) is 18.2. The molecule has 0 aliphatic heterocycles. The maximum absolute atomic E-state index is 11.9. The lowest BCUT2D eigenvalue weighted by molar-refractivity contribution is -0.118. The van der Waals surface area contributed by atoms with Crippen molar-refractivity contribution in [2.24, 2.45) is 5.73 Å². The van der Waals surface area contributed by atoms with Gasteiger partial charge in [0.15, 0.2) is 11.7 Å². The van der Waals surface area contributed by atoms with Crippen molar-refractivity contribution in [2.45, 2.75) is 25.5 Å². The average molecular weight is 380 g/mol. The van der Waals surface area contributed by atoms with Crippen LogP contribution in [0.2, 0.25) is 0 Å². The van der Waals surface area contributed by atoms with Gasteiger partial charge in [-0.2, -0.15) is 0 Å². The number of rotatable bonds is 9. The summed E-state index contributed by atoms with van der Waals surface area (Å²) in [5.74, 6) is 1.32. The van der Waals surface area contributed by atoms with Crippen molar-refractivity contribution in [1.29, 1.82) is 0 Å². The van der Waals surface area contributed by atoms with Gasteiger partial charge in [-0.3, -0.25) is 14.9 Å². The Kier molecular flexibility index (Phi) is 7.27. The van der Waals surface area contributed by atoms with Crippen LogP contribution in [-0.2, 0) is 15.3 Å². The van der Waals surface area contributed by atoms with E-state index in [1.54, 1.807) is 0 Å². The molecule has 6 nitrogen and oxygen atoms in total. The number of hydrogen-bond acceptors (Lipinski definition) is 6. The number of hydrogen-bond donors (Lipinski definition) is 2. The molecule has 1 aromatic carbocycles. The van der Waals surface area contributed by atoms with Gasteiger partial charge in [-0.1, -0.05) is 26.0 Å². The SMILES string of the molecule is CC(C)c1ccc(OCC(=O)Nc2nc(CSCC(N)=O)cs2)cc1. The molecule has 0 saturated heterocycles. The van der Waals surface area contributed by atoms with Crippen LogP contribution < -0.4 is 15.8 Å². The zero-order valence-corrected chi connectivity index (χ0v) is 15.8. The van der Waals surface area contributed by atoms with Crippen molar-refractivity contribution in [3.8, 4) is 5.75 Å². The summed E-state index contributed by atoms with van der Waals surface area (Å²) >= 11 is 2.72. The Labute approximate surface area is 155 Å². The fraction of sp³-hybridized carbons (Fsp3) is 0.353. The number of primary amides is 1. The van der Waals surface area contributed by atoms with Gasteiger partial charge in [0.2, 0.25) is 5.91 Å². The normalized spacial score (nSPS) is 10.7. The standard InChI is InChI=1S/C17H21N3O3S2/c1-11(2)12-3-5-14(6-4-12)23-7-16(22)20-17-19-13(9-25-17)8-24-10-15(18)21/h3-6,9,11H,7-8,10H2,1-2H3,(H2,18,21)(H,19,20,22). The first-order valence-corrected chi connectivity index (χ1v) is 9.80. The van der Waals surface area contributed by atoms with Gasteiger partial charge in [0, 0.05) is 11.1 Å². The summed E-state index contributed by atoms with van der Waals surface area (Å²) in [7, 11) is 0. The number of aromatic nitrogens is 1. The first-order valence-electron chi connectivity index (χ1n) is 7.77. The third-order valence-corrected chi connectivity index (χ3v) is 5.00. The topological polar surface area (TPSA) is 94.3 Å². The van der Waals surface area contributed by atoms with E-state index < -0.39 is 0 Å². The number of nitrogens with two attached hydrogens (primary N) is 1. The van der Waals surface area contributed by atoms with E-state index in [-0.39, 0.29) is 24.2 Å². The Bertz CT molecular complexity index is 714. The fourth-order valence-electron chi connectivity index (χ4n) is 1.94. The number of benzene rings is 1. The van der Waals surface area contributed by atoms with Crippen LogP contribution in [0.1, 0.15) is 31.0 Å². The van der Waals surface area contributed by atoms with E-state index in [0.717, 1.165) is 5.69 Å². The molecule has 25 heavy (non-hydrogen) atoms. The Hall–Kier alpha value is -2.06. The van der Waals surface area contributed by atoms with Gasteiger partial charge >= 0.3 is 0 Å². The predicted molar refractivity (Wildman–Crippen MR) is 102 cm³/mol. The molecule has 1 aromatic heterocycles. The van der Waals surface area contributed by atoms with Crippen molar-refractivity contribution in [3.05, 3.63) is 40.9 Å². The third-order valence-electron chi connectivity index (χ3n) is 3.21. The van der Waals surface area contributed by atoms with Gasteiger partial charge in [0.1, 0.15) is 5.75 Å². The second kappa shape index (κ2) is 9.43. The second-order valence-corrected chi connectivity index (χ2v) is 7.51. The average Bonchev–Trinajstić information content (AvgIpc) is 3.00. The first-order chi connectivity index (χ1) is 11.9. The van der Waals surface area contributed by atoms with Gasteiger partial charge in [-0.05, 0) is 23.6 Å². The highest BCUT2D eigenvalue weighted by molar-refractivity contribution is 7.99. The zero-order valence-electron chi connectivity index (χ0n) is 14.2. The Balaban J connectivity index is 1.76. The van der Waals surface area contributed by atoms with Crippen LogP contribution in [0, 0.1) is 0 Å². The molecule has 0 spiro atoms. The highest BCUT2D eigenvalue weighted by Gasteiger charge is 2.08. The van der Waals surface area contributed by atoms with E-state index in [9.17, 15) is 9.59 Å². The minimum atomic E-state index is -0.354. The molecule has 0 aliphatic carbocycles. The maximum Gasteiger partial charge on any atom is 0.264 e. The quantitative estimate of drug-likeness (QED) is 0.698. The molecule has 3 N–H and O–H groups in total. The first kappa shape index (κ1) is 19.3. The molecule has 0 fully saturated rings. The minimum absolute atomic E-state index is 0.0770. The molecular formula is C17H21N3O3S2. The number of ether oxygens (including phenoxy) is 1. The van der Waals surface area contributed by atoms with Crippen LogP contribution in [-0.4, -0.2) is 29.2 Å². The van der Waals surface area contributed by atoms with Gasteiger partial charge in [-0.25, -0.2) is 4.98 Å². The fourth-order valence-corrected chi connectivity index (χ4v) is 3.43. The molecule has 0 aliphatic rings. The van der Waals surface area contributed by atoms with E-state index in [4.69, 9.17) is 10.5 Å². The summed E-state index contributed by atoms with van der Waals surface area (Å²) in [6.07, 6.45) is 0. The van der Waals surface area contributed by atoms with Crippen molar-refractivity contribution < 1.29 is 14.3 Å². The van der Waals surface area contributed by atoms with Crippen molar-refractivity contribution in [2.75, 3.05) is 17.7 Å². The van der Waals surface area contributed by atoms with Crippen molar-refractivity contribution >= 4 is 40.0 Å². The molecular weight excluding hydrogens is 358 g/mol. The Morgan fingerprint density at radius 2 is 2.04 bits per heavy atom. The molecule has 134 valence electrons. The molecule has 0 bridgehead atoms. The minimum Gasteiger partial charge on any atom is -0.484 e. The lowest BCUT2D eigenvalue weighted by Gasteiger charge is -2.08. The highest BCUT2D eigenvalue weighted by Crippen LogP contribution is 2.20. The molecule has 0 atom stereocenters. The molecule has 0 radical (unpaired) electrons. The molecule has 2 aromatic rings. The van der Waals surface area contributed by atoms with Gasteiger partial charge in [0.05, 0.1) is 11.4 Å². The van der Waals surface area contributed by atoms with Crippen molar-refractivity contribution in [3.63, 3.8) is 0 Å². The highest BCUT2D eigenvalue weighted by atomic mass is 32.2. The molecule has 0 unspecified atom stereocenters. The van der Waals surface area contributed by atoms with E-state index in [2.05, 4.69) is 24.1 Å². The monoisotopic (exact) mass is 379 g/mol. The molecule has 0 saturated carbocycles. The van der Waals surface area contributed by atoms with E-state index in [1.807, 2.05) is 29.6 Å². The van der Waals surface area contributed by atoms with Gasteiger partial charge in [-0.15, -0.1) is 23.1 Å². The van der Waals surface area contributed by atoms with E-state index in [1.165, 1.54) is 28.7 Å². The molecule has 8 heteroatoms. The summed E-state index contributed by atoms with van der Waals surface area (Å²) < 4.78 is 5.48. The number of thiazole rings is 1. The number of nitrogens with zero attached hydrogens (tertiary/aromatic N) is 1. The Morgan fingerprint density at radius 3 is 2.68 bits per heavy atom. The van der Waals surface area contributed by atoms with Crippen LogP contribution in [0.3, 0.4) is 0 Å². The Morgan fingerprint density at radius 1 is 1.32 bits per heavy atom. The number of carbonyl (C=O) groups excluding carboxylic acids is 2. The van der Waals surface area contributed by atoms with Gasteiger partial charge < -0.3 is 10.5 Å². The van der Waals surface area contributed by atoms with Crippen molar-refractivity contribution in [1.82, 2.24) is 4.98 Å².